The molecule has 1 heterocycles. The van der Waals surface area contributed by atoms with E-state index in [1.165, 1.54) is 24.3 Å². The Morgan fingerprint density at radius 1 is 0.718 bits per heavy atom. The van der Waals surface area contributed by atoms with Crippen LogP contribution in [0.3, 0.4) is 0 Å². The number of carbonyl (C=O) groups is 8. The van der Waals surface area contributed by atoms with Gasteiger partial charge in [-0.1, -0.05) is 62.3 Å². The zero-order valence-corrected chi connectivity index (χ0v) is 46.6. The molecule has 8 N–H and O–H groups in total. The number of hydrogen-bond acceptors (Lipinski definition) is 15. The summed E-state index contributed by atoms with van der Waals surface area (Å²) in [5, 5.41) is 44.7. The summed E-state index contributed by atoms with van der Waals surface area (Å²) < 4.78 is 38.7. The Morgan fingerprint density at radius 3 is 1.79 bits per heavy atom. The van der Waals surface area contributed by atoms with Crippen LogP contribution in [-0.2, 0) is 57.0 Å². The van der Waals surface area contributed by atoms with E-state index >= 15 is 0 Å². The molecule has 0 saturated carbocycles. The van der Waals surface area contributed by atoms with E-state index in [4.69, 9.17) is 10.1 Å². The van der Waals surface area contributed by atoms with Crippen molar-refractivity contribution < 1.29 is 75.2 Å². The maximum absolute atomic E-state index is 13.6. The Morgan fingerprint density at radius 2 is 1.28 bits per heavy atom. The summed E-state index contributed by atoms with van der Waals surface area (Å²) in [4.78, 5) is 106. The third-order valence-corrected chi connectivity index (χ3v) is 12.7. The van der Waals surface area contributed by atoms with Crippen molar-refractivity contribution in [2.24, 2.45) is 5.92 Å². The third kappa shape index (κ3) is 31.9. The number of carbonyl (C=O) groups excluding carboxylic acids is 5. The minimum absolute atomic E-state index is 0.0258. The first-order valence-corrected chi connectivity index (χ1v) is 27.7. The van der Waals surface area contributed by atoms with Gasteiger partial charge in [0.1, 0.15) is 17.8 Å². The van der Waals surface area contributed by atoms with E-state index < -0.39 is 58.2 Å². The van der Waals surface area contributed by atoms with E-state index in [1.807, 2.05) is 32.6 Å². The van der Waals surface area contributed by atoms with Crippen LogP contribution in [0.5, 0.6) is 5.75 Å². The van der Waals surface area contributed by atoms with Crippen LogP contribution in [0.25, 0.3) is 0 Å². The molecule has 1 aliphatic heterocycles. The van der Waals surface area contributed by atoms with Gasteiger partial charge in [0.2, 0.25) is 23.6 Å². The quantitative estimate of drug-likeness (QED) is 0.0276. The second kappa shape index (κ2) is 39.2. The monoisotopic (exact) mass is 1120 g/mol. The second-order valence-electron chi connectivity index (χ2n) is 19.0. The van der Waals surface area contributed by atoms with Gasteiger partial charge in [-0.2, -0.15) is 8.42 Å². The summed E-state index contributed by atoms with van der Waals surface area (Å²) >= 11 is 0. The Bertz CT molecular complexity index is 2280. The predicted octanol–water partition coefficient (Wildman–Crippen LogP) is 2.51. The number of amides is 5. The molecule has 1 fully saturated rings. The van der Waals surface area contributed by atoms with E-state index in [2.05, 4.69) is 33.5 Å². The van der Waals surface area contributed by atoms with E-state index in [-0.39, 0.29) is 69.6 Å². The molecule has 3 atom stereocenters. The lowest BCUT2D eigenvalue weighted by Gasteiger charge is -2.28. The van der Waals surface area contributed by atoms with Gasteiger partial charge in [0, 0.05) is 70.8 Å². The number of hydrogen-bond donors (Lipinski definition) is 8. The molecular weight excluding hydrogens is 1040 g/mol. The molecule has 23 nitrogen and oxygen atoms in total. The second-order valence-corrected chi connectivity index (χ2v) is 19.9. The third-order valence-electron chi connectivity index (χ3n) is 12.3. The minimum Gasteiger partial charge on any atom is -0.481 e. The van der Waals surface area contributed by atoms with Crippen molar-refractivity contribution in [3.63, 3.8) is 0 Å². The highest BCUT2D eigenvalue weighted by atomic mass is 32.3. The predicted molar refractivity (Wildman–Crippen MR) is 290 cm³/mol. The highest BCUT2D eigenvalue weighted by Crippen LogP contribution is 2.17. The highest BCUT2D eigenvalue weighted by molar-refractivity contribution is 7.81. The van der Waals surface area contributed by atoms with Crippen molar-refractivity contribution in [3.8, 4) is 5.75 Å². The summed E-state index contributed by atoms with van der Waals surface area (Å²) in [6, 6.07) is 10.4. The van der Waals surface area contributed by atoms with Crippen LogP contribution < -0.4 is 25.5 Å². The first-order valence-electron chi connectivity index (χ1n) is 26.4. The van der Waals surface area contributed by atoms with Gasteiger partial charge < -0.3 is 50.7 Å². The first-order chi connectivity index (χ1) is 37.0. The zero-order chi connectivity index (χ0) is 58.6. The Labute approximate surface area is 459 Å². The molecule has 78 heavy (non-hydrogen) atoms. The number of aryl methyl sites for hydroxylation is 1. The number of carboxylic acids is 3. The molecular formula is C52H82BFN8O15S. The Hall–Kier alpha value is -6.22. The molecule has 3 rings (SSSR count). The number of nitrogens with one attached hydrogen (secondary N) is 4. The fourth-order valence-electron chi connectivity index (χ4n) is 8.10. The van der Waals surface area contributed by atoms with Gasteiger partial charge in [-0.15, -0.1) is 0 Å². The number of unbranched alkanes of at least 4 members (excludes halogenated alkanes) is 1. The minimum atomic E-state index is -5.20. The number of nitrogens with zero attached hydrogens (tertiary/aromatic N) is 4. The molecule has 0 bridgehead atoms. The van der Waals surface area contributed by atoms with Crippen molar-refractivity contribution >= 4 is 66.0 Å². The SMILES string of the molecule is CCC(C)CC(=O)O.CCCN(CCN(CCN(CCC)CC(=O)NCCCCC(NC(=O)CCc1ccc(OS(=O)(=O)F)cc1)C(=O)NCc1cccc(C(=O)NC(C)C(=O)N2CCCC2)c1)CC(=O)O)CC(=O)O.[B]O. The summed E-state index contributed by atoms with van der Waals surface area (Å²) in [7, 11) is -1.70. The molecule has 1 aliphatic rings. The molecule has 3 unspecified atom stereocenters. The van der Waals surface area contributed by atoms with E-state index in [9.17, 15) is 60.9 Å². The molecule has 2 aromatic carbocycles. The summed E-state index contributed by atoms with van der Waals surface area (Å²) in [6.45, 7) is 13.5. The number of carboxylic acid groups (broad SMARTS) is 3. The lowest BCUT2D eigenvalue weighted by Crippen LogP contribution is -2.46. The molecule has 0 aromatic heterocycles. The van der Waals surface area contributed by atoms with Crippen LogP contribution in [0, 0.1) is 5.92 Å². The maximum Gasteiger partial charge on any atom is 0.488 e. The van der Waals surface area contributed by atoms with Gasteiger partial charge in [0.15, 0.2) is 0 Å². The Kier molecular flexibility index (Phi) is 35.1. The summed E-state index contributed by atoms with van der Waals surface area (Å²) in [6.07, 6.45) is 5.89. The molecule has 436 valence electrons. The van der Waals surface area contributed by atoms with Crippen LogP contribution in [0.1, 0.15) is 120 Å². The van der Waals surface area contributed by atoms with Crippen molar-refractivity contribution in [1.82, 2.24) is 40.9 Å². The van der Waals surface area contributed by atoms with Crippen molar-refractivity contribution in [1.29, 1.82) is 0 Å². The summed E-state index contributed by atoms with van der Waals surface area (Å²) in [5.74, 6) is -4.32. The van der Waals surface area contributed by atoms with Crippen LogP contribution in [-0.4, -0.2) is 194 Å². The average Bonchev–Trinajstić information content (AvgIpc) is 3.93. The van der Waals surface area contributed by atoms with E-state index in [0.29, 0.717) is 94.2 Å². The average molecular weight is 1120 g/mol. The molecule has 1 saturated heterocycles. The van der Waals surface area contributed by atoms with Crippen molar-refractivity contribution in [3.05, 3.63) is 65.2 Å². The maximum atomic E-state index is 13.6. The number of rotatable bonds is 36. The molecule has 5 amide bonds. The smallest absolute Gasteiger partial charge is 0.481 e. The van der Waals surface area contributed by atoms with E-state index in [0.717, 1.165) is 32.1 Å². The van der Waals surface area contributed by atoms with Gasteiger partial charge in [-0.3, -0.25) is 53.1 Å². The van der Waals surface area contributed by atoms with Crippen LogP contribution in [0.15, 0.2) is 48.5 Å². The van der Waals surface area contributed by atoms with E-state index in [1.54, 1.807) is 45.9 Å². The highest BCUT2D eigenvalue weighted by Gasteiger charge is 2.26. The van der Waals surface area contributed by atoms with Gasteiger partial charge >= 0.3 is 28.4 Å². The van der Waals surface area contributed by atoms with Crippen LogP contribution in [0.4, 0.5) is 3.89 Å². The van der Waals surface area contributed by atoms with Gasteiger partial charge in [0.25, 0.3) is 14.0 Å². The largest absolute Gasteiger partial charge is 0.488 e. The lowest BCUT2D eigenvalue weighted by molar-refractivity contribution is -0.140. The van der Waals surface area contributed by atoms with Crippen molar-refractivity contribution in [2.75, 3.05) is 78.5 Å². The number of aliphatic carboxylic acids is 3. The standard InChI is InChI=1S/C46H69FN8O12S.C6H12O2.BHO/c1-4-21-52(25-27-54(33-43(60)61)28-26-53(22-5-2)32-42(58)59)31-41(57)48-20-7-6-13-39(51-40(56)19-16-35-14-17-38(18-15-35)67-68(47,65)66)45(63)49-30-36-11-10-12-37(29-36)44(62)50-34(3)46(64)55-23-8-9-24-55;1-3-5(2)4-6(7)8;1-2/h10-12,14-15,17-18,29,34,39H,4-9,13,16,19-28,30-33H2,1-3H3,(H,48,57)(H,49,63)(H,50,62)(H,51,56)(H,58,59)(H,60,61);5H,3-4H2,1-2H3,(H,7,8);2H. The molecule has 2 radical (unpaired) electrons. The normalized spacial score (nSPS) is 13.2. The topological polar surface area (TPSA) is 322 Å². The first kappa shape index (κ1) is 69.8. The molecule has 2 aromatic rings. The molecule has 0 spiro atoms. The van der Waals surface area contributed by atoms with Gasteiger partial charge in [-0.25, -0.2) is 0 Å². The fraction of sp³-hybridized carbons (Fsp3) is 0.615. The lowest BCUT2D eigenvalue weighted by atomic mass is 10.1. The number of benzene rings is 2. The summed E-state index contributed by atoms with van der Waals surface area (Å²) in [5.41, 5.74) is 1.53. The van der Waals surface area contributed by atoms with Gasteiger partial charge in [0.05, 0.1) is 19.6 Å². The zero-order valence-electron chi connectivity index (χ0n) is 45.8. The Balaban J connectivity index is 0.00000277. The molecule has 0 aliphatic carbocycles. The number of likely N-dealkylation sites (tertiary alicyclic amines) is 1. The molecule has 26 heteroatoms. The van der Waals surface area contributed by atoms with Gasteiger partial charge in [-0.05, 0) is 113 Å². The van der Waals surface area contributed by atoms with Crippen LogP contribution in [0.2, 0.25) is 0 Å². The number of halogens is 1. The van der Waals surface area contributed by atoms with Crippen LogP contribution >= 0.6 is 0 Å². The fourth-order valence-corrected chi connectivity index (χ4v) is 8.44. The van der Waals surface area contributed by atoms with Crippen molar-refractivity contribution in [2.45, 2.75) is 124 Å².